The molecule has 0 saturated heterocycles. The Balaban J connectivity index is 2.18. The molecule has 0 aliphatic rings. The van der Waals surface area contributed by atoms with Crippen molar-refractivity contribution in [2.24, 2.45) is 0 Å². The smallest absolute Gasteiger partial charge is 0.218 e. The summed E-state index contributed by atoms with van der Waals surface area (Å²) in [4.78, 5) is 0.968. The molecule has 2 aromatic rings. The molecule has 5 heteroatoms. The molecular weight excluding hydrogens is 286 g/mol. The Bertz CT molecular complexity index is 641. The average molecular weight is 305 g/mol. The Morgan fingerprint density at radius 2 is 1.90 bits per heavy atom. The minimum absolute atomic E-state index is 0.483. The fourth-order valence-electron chi connectivity index (χ4n) is 1.58. The number of furan rings is 1. The Hall–Kier alpha value is -1.88. The number of para-hydroxylation sites is 1. The third kappa shape index (κ3) is 4.04. The molecule has 0 N–H and O–H groups in total. The zero-order valence-corrected chi connectivity index (χ0v) is 13.4. The normalized spacial score (nSPS) is 12.5. The van der Waals surface area contributed by atoms with Crippen molar-refractivity contribution in [3.8, 4) is 5.75 Å². The summed E-state index contributed by atoms with van der Waals surface area (Å²) in [6.45, 7) is 5.55. The maximum absolute atomic E-state index is 11.9. The summed E-state index contributed by atoms with van der Waals surface area (Å²) in [5, 5.41) is 12.6. The van der Waals surface area contributed by atoms with Gasteiger partial charge in [0.05, 0.1) is 12.0 Å². The lowest BCUT2D eigenvalue weighted by Gasteiger charge is -2.17. The van der Waals surface area contributed by atoms with Crippen LogP contribution in [0.1, 0.15) is 26.5 Å². The summed E-state index contributed by atoms with van der Waals surface area (Å²) in [5.74, 6) is 1.34. The summed E-state index contributed by atoms with van der Waals surface area (Å²) in [6, 6.07) is 11.4. The highest BCUT2D eigenvalue weighted by atomic mass is 32.2. The first-order chi connectivity index (χ1) is 9.90. The van der Waals surface area contributed by atoms with E-state index in [4.69, 9.17) is 9.15 Å². The first-order valence-electron chi connectivity index (χ1n) is 6.62. The third-order valence-electron chi connectivity index (χ3n) is 2.79. The van der Waals surface area contributed by atoms with Crippen LogP contribution in [0.25, 0.3) is 0 Å². The van der Waals surface area contributed by atoms with Crippen LogP contribution in [-0.2, 0) is 0 Å². The van der Waals surface area contributed by atoms with E-state index in [0.29, 0.717) is 10.9 Å². The zero-order chi connectivity index (χ0) is 15.5. The number of hydrogen-bond acceptors (Lipinski definition) is 4. The molecule has 0 atom stereocenters. The Labute approximate surface area is 129 Å². The van der Waals surface area contributed by atoms with Gasteiger partial charge in [-0.1, -0.05) is 12.1 Å². The van der Waals surface area contributed by atoms with Crippen molar-refractivity contribution in [1.29, 1.82) is 0 Å². The lowest BCUT2D eigenvalue weighted by atomic mass is 10.1. The van der Waals surface area contributed by atoms with E-state index in [1.54, 1.807) is 13.2 Å². The van der Waals surface area contributed by atoms with Crippen LogP contribution in [0.4, 0.5) is 0 Å². The van der Waals surface area contributed by atoms with Gasteiger partial charge in [0.1, 0.15) is 5.75 Å². The molecule has 21 heavy (non-hydrogen) atoms. The van der Waals surface area contributed by atoms with Crippen LogP contribution in [0.5, 0.6) is 5.75 Å². The summed E-state index contributed by atoms with van der Waals surface area (Å²) in [6.07, 6.45) is 1.46. The molecule has 1 aromatic carbocycles. The maximum Gasteiger partial charge on any atom is 0.218 e. The van der Waals surface area contributed by atoms with E-state index in [9.17, 15) is 5.21 Å². The number of nitrogens with zero attached hydrogens (tertiary/aromatic N) is 1. The second-order valence-electron chi connectivity index (χ2n) is 5.54. The number of rotatable bonds is 4. The first kappa shape index (κ1) is 15.5. The van der Waals surface area contributed by atoms with Gasteiger partial charge in [0.15, 0.2) is 16.4 Å². The molecule has 0 radical (unpaired) electrons. The van der Waals surface area contributed by atoms with Crippen molar-refractivity contribution in [1.82, 2.24) is 0 Å². The van der Waals surface area contributed by atoms with Crippen molar-refractivity contribution in [2.75, 3.05) is 7.11 Å². The van der Waals surface area contributed by atoms with E-state index >= 15 is 0 Å². The summed E-state index contributed by atoms with van der Waals surface area (Å²) >= 11 is 1.46. The van der Waals surface area contributed by atoms with Crippen molar-refractivity contribution >= 4 is 18.0 Å². The summed E-state index contributed by atoms with van der Waals surface area (Å²) in [7, 11) is 1.64. The summed E-state index contributed by atoms with van der Waals surface area (Å²) in [5.41, 5.74) is -0.483. The number of ether oxygens (including phenoxy) is 1. The molecule has 112 valence electrons. The van der Waals surface area contributed by atoms with Crippen LogP contribution in [0.2, 0.25) is 0 Å². The highest BCUT2D eigenvalue weighted by Crippen LogP contribution is 2.35. The van der Waals surface area contributed by atoms with Gasteiger partial charge in [-0.25, -0.2) is 4.74 Å². The quantitative estimate of drug-likeness (QED) is 0.368. The fourth-order valence-corrected chi connectivity index (χ4v) is 2.47. The lowest BCUT2D eigenvalue weighted by molar-refractivity contribution is -0.530. The van der Waals surface area contributed by atoms with Crippen LogP contribution >= 0.6 is 11.8 Å². The minimum Gasteiger partial charge on any atom is -0.623 e. The van der Waals surface area contributed by atoms with Gasteiger partial charge in [-0.15, -0.1) is 0 Å². The minimum atomic E-state index is -0.483. The predicted molar refractivity (Wildman–Crippen MR) is 84.4 cm³/mol. The molecule has 0 unspecified atom stereocenters. The van der Waals surface area contributed by atoms with Crippen molar-refractivity contribution in [2.45, 2.75) is 36.3 Å². The van der Waals surface area contributed by atoms with Gasteiger partial charge < -0.3 is 14.4 Å². The topological polar surface area (TPSA) is 48.4 Å². The summed E-state index contributed by atoms with van der Waals surface area (Å²) < 4.78 is 11.9. The zero-order valence-electron chi connectivity index (χ0n) is 12.6. The Morgan fingerprint density at radius 3 is 2.57 bits per heavy atom. The maximum atomic E-state index is 11.9. The van der Waals surface area contributed by atoms with E-state index in [2.05, 4.69) is 0 Å². The van der Waals surface area contributed by atoms with Crippen LogP contribution < -0.4 is 4.74 Å². The van der Waals surface area contributed by atoms with Gasteiger partial charge in [0.25, 0.3) is 0 Å². The highest BCUT2D eigenvalue weighted by molar-refractivity contribution is 7.99. The first-order valence-corrected chi connectivity index (χ1v) is 7.44. The molecule has 0 spiro atoms. The Morgan fingerprint density at radius 1 is 1.19 bits per heavy atom. The van der Waals surface area contributed by atoms with E-state index in [-0.39, 0.29) is 0 Å². The molecule has 1 heterocycles. The van der Waals surface area contributed by atoms with Crippen LogP contribution in [0.3, 0.4) is 0 Å². The SMILES string of the molecule is COc1ccccc1Sc1ccc(C=[N+]([O-])C(C)(C)C)o1. The van der Waals surface area contributed by atoms with Crippen LogP contribution in [0, 0.1) is 5.21 Å². The van der Waals surface area contributed by atoms with E-state index in [1.807, 2.05) is 51.1 Å². The highest BCUT2D eigenvalue weighted by Gasteiger charge is 2.19. The molecule has 2 rings (SSSR count). The molecule has 1 aromatic heterocycles. The monoisotopic (exact) mass is 305 g/mol. The van der Waals surface area contributed by atoms with Crippen molar-refractivity contribution < 1.29 is 13.9 Å². The van der Waals surface area contributed by atoms with Gasteiger partial charge in [-0.05, 0) is 36.0 Å². The Kier molecular flexibility index (Phi) is 4.63. The lowest BCUT2D eigenvalue weighted by Crippen LogP contribution is -2.29. The number of benzene rings is 1. The molecule has 0 aliphatic heterocycles. The molecule has 0 bridgehead atoms. The molecule has 0 saturated carbocycles. The average Bonchev–Trinajstić information content (AvgIpc) is 2.85. The van der Waals surface area contributed by atoms with Gasteiger partial charge in [0.2, 0.25) is 6.21 Å². The molecule has 0 fully saturated rings. The molecule has 0 aliphatic carbocycles. The second-order valence-corrected chi connectivity index (χ2v) is 6.58. The predicted octanol–water partition coefficient (Wildman–Crippen LogP) is 4.17. The van der Waals surface area contributed by atoms with Gasteiger partial charge in [-0.2, -0.15) is 0 Å². The molecule has 4 nitrogen and oxygen atoms in total. The number of methoxy groups -OCH3 is 1. The third-order valence-corrected chi connectivity index (χ3v) is 3.77. The standard InChI is InChI=1S/C16H19NO3S/c1-16(2,3)17(18)11-12-9-10-15(20-12)21-14-8-6-5-7-13(14)19-4/h5-11H,1-4H3. The van der Waals surface area contributed by atoms with Gasteiger partial charge in [0, 0.05) is 20.8 Å². The molecule has 0 amide bonds. The van der Waals surface area contributed by atoms with E-state index < -0.39 is 5.54 Å². The number of hydrogen-bond donors (Lipinski definition) is 0. The van der Waals surface area contributed by atoms with Crippen LogP contribution in [0.15, 0.2) is 50.8 Å². The molecular formula is C16H19NO3S. The van der Waals surface area contributed by atoms with Crippen molar-refractivity contribution in [3.05, 3.63) is 47.4 Å². The van der Waals surface area contributed by atoms with Gasteiger partial charge >= 0.3 is 0 Å². The fraction of sp³-hybridized carbons (Fsp3) is 0.312. The largest absolute Gasteiger partial charge is 0.623 e. The van der Waals surface area contributed by atoms with Gasteiger partial charge in [-0.3, -0.25) is 0 Å². The van der Waals surface area contributed by atoms with Crippen molar-refractivity contribution in [3.63, 3.8) is 0 Å². The number of hydroxylamine groups is 1. The van der Waals surface area contributed by atoms with E-state index in [1.165, 1.54) is 18.0 Å². The second kappa shape index (κ2) is 6.26. The van der Waals surface area contributed by atoms with E-state index in [0.717, 1.165) is 15.4 Å². The van der Waals surface area contributed by atoms with Crippen LogP contribution in [-0.4, -0.2) is 23.6 Å².